The number of rotatable bonds is 2. The molecule has 0 bridgehead atoms. The number of carbonyl (C=O) groups excluding carboxylic acids is 2. The fourth-order valence-electron chi connectivity index (χ4n) is 2.63. The van der Waals surface area contributed by atoms with Crippen molar-refractivity contribution in [3.63, 3.8) is 0 Å². The first-order chi connectivity index (χ1) is 7.68. The lowest BCUT2D eigenvalue weighted by Crippen LogP contribution is -2.40. The average molecular weight is 225 g/mol. The molecule has 1 aliphatic heterocycles. The van der Waals surface area contributed by atoms with E-state index in [0.717, 1.165) is 32.1 Å². The molecule has 2 unspecified atom stereocenters. The predicted molar refractivity (Wildman–Crippen MR) is 58.5 cm³/mol. The maximum atomic E-state index is 11.7. The van der Waals surface area contributed by atoms with Gasteiger partial charge in [-0.05, 0) is 25.7 Å². The normalized spacial score (nSPS) is 31.9. The zero-order valence-electron chi connectivity index (χ0n) is 9.52. The number of carbonyl (C=O) groups is 2. The third-order valence-electron chi connectivity index (χ3n) is 3.67. The molecule has 4 nitrogen and oxygen atoms in total. The van der Waals surface area contributed by atoms with Gasteiger partial charge >= 0.3 is 0 Å². The van der Waals surface area contributed by atoms with Crippen molar-refractivity contribution in [1.82, 2.24) is 4.90 Å². The molecule has 0 spiro atoms. The summed E-state index contributed by atoms with van der Waals surface area (Å²) in [6.07, 6.45) is 5.00. The lowest BCUT2D eigenvalue weighted by Gasteiger charge is -2.24. The fourth-order valence-corrected chi connectivity index (χ4v) is 2.63. The Morgan fingerprint density at radius 3 is 2.19 bits per heavy atom. The summed E-state index contributed by atoms with van der Waals surface area (Å²) in [4.78, 5) is 24.9. The van der Waals surface area contributed by atoms with Crippen LogP contribution in [0.1, 0.15) is 44.9 Å². The summed E-state index contributed by atoms with van der Waals surface area (Å²) >= 11 is 0. The molecule has 1 heterocycles. The van der Waals surface area contributed by atoms with E-state index >= 15 is 0 Å². The van der Waals surface area contributed by atoms with Crippen molar-refractivity contribution in [3.05, 3.63) is 0 Å². The number of aliphatic hydroxyl groups is 1. The van der Waals surface area contributed by atoms with E-state index in [9.17, 15) is 14.7 Å². The van der Waals surface area contributed by atoms with Crippen LogP contribution in [0.15, 0.2) is 0 Å². The Labute approximate surface area is 95.6 Å². The van der Waals surface area contributed by atoms with Gasteiger partial charge in [0.05, 0.1) is 6.10 Å². The number of hydrogen-bond donors (Lipinski definition) is 1. The molecule has 0 radical (unpaired) electrons. The van der Waals surface area contributed by atoms with Gasteiger partial charge in [0.25, 0.3) is 0 Å². The number of aliphatic hydroxyl groups excluding tert-OH is 1. The fraction of sp³-hybridized carbons (Fsp3) is 0.833. The highest BCUT2D eigenvalue weighted by Crippen LogP contribution is 2.27. The Morgan fingerprint density at radius 2 is 1.69 bits per heavy atom. The zero-order chi connectivity index (χ0) is 11.5. The van der Waals surface area contributed by atoms with Gasteiger partial charge < -0.3 is 5.11 Å². The lowest BCUT2D eigenvalue weighted by molar-refractivity contribution is -0.144. The Hall–Kier alpha value is -0.900. The molecular weight excluding hydrogens is 206 g/mol. The summed E-state index contributed by atoms with van der Waals surface area (Å²) in [6, 6.07) is 0. The molecule has 0 aromatic rings. The summed E-state index contributed by atoms with van der Waals surface area (Å²) < 4.78 is 0. The Morgan fingerprint density at radius 1 is 1.06 bits per heavy atom. The monoisotopic (exact) mass is 225 g/mol. The zero-order valence-corrected chi connectivity index (χ0v) is 9.52. The van der Waals surface area contributed by atoms with Crippen molar-refractivity contribution in [3.8, 4) is 0 Å². The predicted octanol–water partition coefficient (Wildman–Crippen LogP) is 1.08. The van der Waals surface area contributed by atoms with Crippen LogP contribution in [-0.4, -0.2) is 34.5 Å². The van der Waals surface area contributed by atoms with Crippen molar-refractivity contribution >= 4 is 11.8 Å². The van der Waals surface area contributed by atoms with Crippen LogP contribution in [0, 0.1) is 5.92 Å². The Bertz CT molecular complexity index is 272. The van der Waals surface area contributed by atoms with Gasteiger partial charge in [-0.3, -0.25) is 14.5 Å². The van der Waals surface area contributed by atoms with Crippen LogP contribution < -0.4 is 0 Å². The molecule has 0 aromatic heterocycles. The second kappa shape index (κ2) is 4.95. The Balaban J connectivity index is 2.00. The summed E-state index contributed by atoms with van der Waals surface area (Å²) in [5.74, 6) is -0.00537. The SMILES string of the molecule is O=C1CCCCC(=O)N1CC1CCCC1O. The summed E-state index contributed by atoms with van der Waals surface area (Å²) in [5.41, 5.74) is 0. The first-order valence-electron chi connectivity index (χ1n) is 6.20. The van der Waals surface area contributed by atoms with E-state index < -0.39 is 0 Å². The standard InChI is InChI=1S/C12H19NO3/c14-10-5-3-4-9(10)8-13-11(15)6-1-2-7-12(13)16/h9-10,14H,1-8H2. The molecule has 1 aliphatic carbocycles. The molecular formula is C12H19NO3. The highest BCUT2D eigenvalue weighted by molar-refractivity contribution is 5.96. The van der Waals surface area contributed by atoms with Crippen LogP contribution in [0.5, 0.6) is 0 Å². The van der Waals surface area contributed by atoms with E-state index in [1.54, 1.807) is 0 Å². The van der Waals surface area contributed by atoms with E-state index in [1.165, 1.54) is 4.90 Å². The summed E-state index contributed by atoms with van der Waals surface area (Å²) in [5, 5.41) is 9.71. The Kier molecular flexibility index (Phi) is 3.59. The average Bonchev–Trinajstić information content (AvgIpc) is 2.59. The van der Waals surface area contributed by atoms with Crippen LogP contribution in [0.4, 0.5) is 0 Å². The first-order valence-corrected chi connectivity index (χ1v) is 6.20. The van der Waals surface area contributed by atoms with E-state index in [1.807, 2.05) is 0 Å². The lowest BCUT2D eigenvalue weighted by atomic mass is 10.1. The number of amides is 2. The molecule has 2 atom stereocenters. The number of hydrogen-bond acceptors (Lipinski definition) is 3. The van der Waals surface area contributed by atoms with Crippen LogP contribution in [0.3, 0.4) is 0 Å². The maximum absolute atomic E-state index is 11.7. The van der Waals surface area contributed by atoms with Gasteiger partial charge in [-0.2, -0.15) is 0 Å². The number of likely N-dealkylation sites (tertiary alicyclic amines) is 1. The second-order valence-electron chi connectivity index (χ2n) is 4.86. The van der Waals surface area contributed by atoms with Gasteiger partial charge in [0.2, 0.25) is 11.8 Å². The highest BCUT2D eigenvalue weighted by Gasteiger charge is 2.32. The number of nitrogens with zero attached hydrogens (tertiary/aromatic N) is 1. The van der Waals surface area contributed by atoms with Crippen LogP contribution in [0.2, 0.25) is 0 Å². The van der Waals surface area contributed by atoms with Gasteiger partial charge in [-0.25, -0.2) is 0 Å². The van der Waals surface area contributed by atoms with Crippen molar-refractivity contribution in [2.75, 3.05) is 6.54 Å². The van der Waals surface area contributed by atoms with Crippen LogP contribution in [0.25, 0.3) is 0 Å². The van der Waals surface area contributed by atoms with E-state index in [0.29, 0.717) is 19.4 Å². The minimum absolute atomic E-state index is 0.0541. The van der Waals surface area contributed by atoms with Crippen molar-refractivity contribution in [1.29, 1.82) is 0 Å². The molecule has 1 saturated carbocycles. The largest absolute Gasteiger partial charge is 0.393 e. The minimum atomic E-state index is -0.330. The van der Waals surface area contributed by atoms with Gasteiger partial charge in [0.15, 0.2) is 0 Å². The van der Waals surface area contributed by atoms with E-state index in [2.05, 4.69) is 0 Å². The highest BCUT2D eigenvalue weighted by atomic mass is 16.3. The third kappa shape index (κ3) is 2.43. The quantitative estimate of drug-likeness (QED) is 0.715. The van der Waals surface area contributed by atoms with Gasteiger partial charge in [0.1, 0.15) is 0 Å². The van der Waals surface area contributed by atoms with E-state index in [4.69, 9.17) is 0 Å². The molecule has 2 fully saturated rings. The molecule has 1 saturated heterocycles. The van der Waals surface area contributed by atoms with Crippen molar-refractivity contribution in [2.24, 2.45) is 5.92 Å². The molecule has 90 valence electrons. The molecule has 1 N–H and O–H groups in total. The van der Waals surface area contributed by atoms with Gasteiger partial charge in [-0.1, -0.05) is 6.42 Å². The molecule has 16 heavy (non-hydrogen) atoms. The first kappa shape index (κ1) is 11.6. The maximum Gasteiger partial charge on any atom is 0.229 e. The third-order valence-corrected chi connectivity index (χ3v) is 3.67. The smallest absolute Gasteiger partial charge is 0.229 e. The van der Waals surface area contributed by atoms with Crippen molar-refractivity contribution < 1.29 is 14.7 Å². The molecule has 0 aromatic carbocycles. The second-order valence-corrected chi connectivity index (χ2v) is 4.86. The molecule has 2 aliphatic rings. The van der Waals surface area contributed by atoms with Crippen LogP contribution in [-0.2, 0) is 9.59 Å². The molecule has 2 rings (SSSR count). The number of imide groups is 1. The molecule has 4 heteroatoms. The van der Waals surface area contributed by atoms with Crippen molar-refractivity contribution in [2.45, 2.75) is 51.0 Å². The molecule has 2 amide bonds. The van der Waals surface area contributed by atoms with E-state index in [-0.39, 0.29) is 23.8 Å². The van der Waals surface area contributed by atoms with Crippen LogP contribution >= 0.6 is 0 Å². The topological polar surface area (TPSA) is 57.6 Å². The summed E-state index contributed by atoms with van der Waals surface area (Å²) in [7, 11) is 0. The summed E-state index contributed by atoms with van der Waals surface area (Å²) in [6.45, 7) is 0.429. The van der Waals surface area contributed by atoms with Gasteiger partial charge in [-0.15, -0.1) is 0 Å². The van der Waals surface area contributed by atoms with Gasteiger partial charge in [0, 0.05) is 25.3 Å². The minimum Gasteiger partial charge on any atom is -0.393 e.